The van der Waals surface area contributed by atoms with Crippen LogP contribution in [0.25, 0.3) is 0 Å². The normalized spacial score (nSPS) is 18.7. The molecule has 1 heterocycles. The molecule has 19 heavy (non-hydrogen) atoms. The van der Waals surface area contributed by atoms with E-state index in [0.717, 1.165) is 25.3 Å². The van der Waals surface area contributed by atoms with Gasteiger partial charge in [0.1, 0.15) is 0 Å². The monoisotopic (exact) mass is 262 g/mol. The second-order valence-electron chi connectivity index (χ2n) is 5.61. The van der Waals surface area contributed by atoms with E-state index in [1.807, 2.05) is 18.3 Å². The Morgan fingerprint density at radius 3 is 2.74 bits per heavy atom. The quantitative estimate of drug-likeness (QED) is 0.856. The Balaban J connectivity index is 1.84. The lowest BCUT2D eigenvalue weighted by Gasteiger charge is -2.30. The average molecular weight is 262 g/mol. The molecule has 1 unspecified atom stereocenters. The van der Waals surface area contributed by atoms with Gasteiger partial charge in [-0.05, 0) is 37.4 Å². The minimum Gasteiger partial charge on any atom is -0.392 e. The van der Waals surface area contributed by atoms with Crippen LogP contribution in [0.3, 0.4) is 0 Å². The molecule has 1 atom stereocenters. The maximum absolute atomic E-state index is 10.4. The molecule has 0 saturated heterocycles. The van der Waals surface area contributed by atoms with E-state index >= 15 is 0 Å². The zero-order chi connectivity index (χ0) is 13.5. The Labute approximate surface area is 116 Å². The molecule has 1 aromatic heterocycles. The van der Waals surface area contributed by atoms with E-state index in [0.29, 0.717) is 5.92 Å². The topological polar surface area (TPSA) is 36.4 Å². The SMILES string of the molecule is CCN(Cc1ccccn1)CC(O)C1CCCCC1. The van der Waals surface area contributed by atoms with Gasteiger partial charge in [0.15, 0.2) is 0 Å². The number of aromatic nitrogens is 1. The minimum atomic E-state index is -0.177. The van der Waals surface area contributed by atoms with Gasteiger partial charge in [-0.1, -0.05) is 32.3 Å². The van der Waals surface area contributed by atoms with Crippen molar-refractivity contribution in [1.82, 2.24) is 9.88 Å². The van der Waals surface area contributed by atoms with Crippen LogP contribution in [0, 0.1) is 5.92 Å². The average Bonchev–Trinajstić information content (AvgIpc) is 2.48. The Bertz CT molecular complexity index is 349. The summed E-state index contributed by atoms with van der Waals surface area (Å²) in [5.74, 6) is 0.506. The number of aliphatic hydroxyl groups is 1. The lowest BCUT2D eigenvalue weighted by atomic mass is 9.85. The van der Waals surface area contributed by atoms with Gasteiger partial charge in [0.25, 0.3) is 0 Å². The fraction of sp³-hybridized carbons (Fsp3) is 0.688. The highest BCUT2D eigenvalue weighted by molar-refractivity contribution is 5.03. The van der Waals surface area contributed by atoms with Crippen LogP contribution in [0.4, 0.5) is 0 Å². The van der Waals surface area contributed by atoms with Crippen LogP contribution >= 0.6 is 0 Å². The third-order valence-electron chi connectivity index (χ3n) is 4.20. The Morgan fingerprint density at radius 1 is 1.32 bits per heavy atom. The third-order valence-corrected chi connectivity index (χ3v) is 4.20. The summed E-state index contributed by atoms with van der Waals surface area (Å²) in [7, 11) is 0. The summed E-state index contributed by atoms with van der Waals surface area (Å²) >= 11 is 0. The van der Waals surface area contributed by atoms with Gasteiger partial charge in [-0.25, -0.2) is 0 Å². The number of rotatable bonds is 6. The first-order valence-corrected chi connectivity index (χ1v) is 7.60. The summed E-state index contributed by atoms with van der Waals surface area (Å²) in [6, 6.07) is 6.01. The summed E-state index contributed by atoms with van der Waals surface area (Å²) in [6.07, 6.45) is 7.96. The maximum atomic E-state index is 10.4. The summed E-state index contributed by atoms with van der Waals surface area (Å²) in [6.45, 7) is 4.72. The van der Waals surface area contributed by atoms with Crippen LogP contribution in [-0.2, 0) is 6.54 Å². The molecule has 1 N–H and O–H groups in total. The van der Waals surface area contributed by atoms with Gasteiger partial charge in [0.2, 0.25) is 0 Å². The summed E-state index contributed by atoms with van der Waals surface area (Å²) in [5, 5.41) is 10.4. The number of likely N-dealkylation sites (N-methyl/N-ethyl adjacent to an activating group) is 1. The van der Waals surface area contributed by atoms with Crippen molar-refractivity contribution >= 4 is 0 Å². The van der Waals surface area contributed by atoms with E-state index in [4.69, 9.17) is 0 Å². The minimum absolute atomic E-state index is 0.177. The molecule has 106 valence electrons. The van der Waals surface area contributed by atoms with Crippen LogP contribution in [0.15, 0.2) is 24.4 Å². The van der Waals surface area contributed by atoms with Gasteiger partial charge in [0.05, 0.1) is 11.8 Å². The molecule has 0 radical (unpaired) electrons. The van der Waals surface area contributed by atoms with Crippen molar-refractivity contribution in [3.8, 4) is 0 Å². The van der Waals surface area contributed by atoms with Gasteiger partial charge in [0, 0.05) is 19.3 Å². The number of aliphatic hydroxyl groups excluding tert-OH is 1. The first kappa shape index (κ1) is 14.5. The maximum Gasteiger partial charge on any atom is 0.0695 e. The Hall–Kier alpha value is -0.930. The van der Waals surface area contributed by atoms with Crippen molar-refractivity contribution in [3.05, 3.63) is 30.1 Å². The third kappa shape index (κ3) is 4.59. The van der Waals surface area contributed by atoms with Crippen molar-refractivity contribution in [2.45, 2.75) is 51.7 Å². The Kier molecular flexibility index (Phi) is 5.80. The van der Waals surface area contributed by atoms with Crippen LogP contribution < -0.4 is 0 Å². The molecule has 0 aromatic carbocycles. The van der Waals surface area contributed by atoms with Crippen molar-refractivity contribution in [1.29, 1.82) is 0 Å². The number of hydrogen-bond acceptors (Lipinski definition) is 3. The molecule has 1 aliphatic rings. The van der Waals surface area contributed by atoms with Crippen molar-refractivity contribution < 1.29 is 5.11 Å². The molecule has 1 aliphatic carbocycles. The molecule has 3 heteroatoms. The van der Waals surface area contributed by atoms with Gasteiger partial charge in [-0.15, -0.1) is 0 Å². The van der Waals surface area contributed by atoms with E-state index in [1.54, 1.807) is 0 Å². The van der Waals surface area contributed by atoms with Crippen molar-refractivity contribution in [2.75, 3.05) is 13.1 Å². The van der Waals surface area contributed by atoms with Crippen molar-refractivity contribution in [2.24, 2.45) is 5.92 Å². The lowest BCUT2D eigenvalue weighted by Crippen LogP contribution is -2.37. The van der Waals surface area contributed by atoms with Gasteiger partial charge >= 0.3 is 0 Å². The standard InChI is InChI=1S/C16H26N2O/c1-2-18(12-15-10-6-7-11-17-15)13-16(19)14-8-4-3-5-9-14/h6-7,10-11,14,16,19H,2-5,8-9,12-13H2,1H3. The summed E-state index contributed by atoms with van der Waals surface area (Å²) in [4.78, 5) is 6.66. The lowest BCUT2D eigenvalue weighted by molar-refractivity contribution is 0.0465. The van der Waals surface area contributed by atoms with Gasteiger partial charge in [-0.2, -0.15) is 0 Å². The smallest absolute Gasteiger partial charge is 0.0695 e. The van der Waals surface area contributed by atoms with Gasteiger partial charge in [-0.3, -0.25) is 9.88 Å². The van der Waals surface area contributed by atoms with E-state index < -0.39 is 0 Å². The fourth-order valence-electron chi connectivity index (χ4n) is 2.96. The van der Waals surface area contributed by atoms with Crippen LogP contribution in [0.1, 0.15) is 44.7 Å². The molecule has 1 aromatic rings. The zero-order valence-electron chi connectivity index (χ0n) is 12.0. The summed E-state index contributed by atoms with van der Waals surface area (Å²) in [5.41, 5.74) is 1.08. The number of pyridine rings is 1. The van der Waals surface area contributed by atoms with Crippen molar-refractivity contribution in [3.63, 3.8) is 0 Å². The largest absolute Gasteiger partial charge is 0.392 e. The first-order valence-electron chi connectivity index (χ1n) is 7.60. The predicted octanol–water partition coefficient (Wildman–Crippen LogP) is 2.84. The highest BCUT2D eigenvalue weighted by atomic mass is 16.3. The van der Waals surface area contributed by atoms with E-state index in [9.17, 15) is 5.11 Å². The molecular formula is C16H26N2O. The van der Waals surface area contributed by atoms with Crippen LogP contribution in [0.5, 0.6) is 0 Å². The zero-order valence-corrected chi connectivity index (χ0v) is 12.0. The second-order valence-corrected chi connectivity index (χ2v) is 5.61. The highest BCUT2D eigenvalue weighted by Gasteiger charge is 2.23. The van der Waals surface area contributed by atoms with Gasteiger partial charge < -0.3 is 5.11 Å². The molecule has 1 saturated carbocycles. The molecule has 1 fully saturated rings. The molecular weight excluding hydrogens is 236 g/mol. The molecule has 0 spiro atoms. The van der Waals surface area contributed by atoms with E-state index in [2.05, 4.69) is 22.9 Å². The predicted molar refractivity (Wildman–Crippen MR) is 77.8 cm³/mol. The summed E-state index contributed by atoms with van der Waals surface area (Å²) < 4.78 is 0. The number of nitrogens with zero attached hydrogens (tertiary/aromatic N) is 2. The van der Waals surface area contributed by atoms with E-state index in [1.165, 1.54) is 32.1 Å². The number of hydrogen-bond donors (Lipinski definition) is 1. The van der Waals surface area contributed by atoms with E-state index in [-0.39, 0.29) is 6.10 Å². The molecule has 3 nitrogen and oxygen atoms in total. The van der Waals surface area contributed by atoms with Crippen LogP contribution in [-0.4, -0.2) is 34.2 Å². The second kappa shape index (κ2) is 7.61. The Morgan fingerprint density at radius 2 is 2.11 bits per heavy atom. The molecule has 2 rings (SSSR count). The molecule has 0 amide bonds. The molecule has 0 aliphatic heterocycles. The van der Waals surface area contributed by atoms with Crippen LogP contribution in [0.2, 0.25) is 0 Å². The molecule has 0 bridgehead atoms. The first-order chi connectivity index (χ1) is 9.29. The highest BCUT2D eigenvalue weighted by Crippen LogP contribution is 2.26. The fourth-order valence-corrected chi connectivity index (χ4v) is 2.96.